The number of hydrogen-bond donors (Lipinski definition) is 1. The van der Waals surface area contributed by atoms with Crippen molar-refractivity contribution >= 4 is 11.9 Å². The number of carbonyl (C=O) groups is 2. The van der Waals surface area contributed by atoms with Gasteiger partial charge in [-0.25, -0.2) is 0 Å². The normalized spacial score (nSPS) is 50.0. The number of aliphatic carboxylic acids is 1. The minimum Gasteiger partial charge on any atom is -0.481 e. The van der Waals surface area contributed by atoms with Gasteiger partial charge in [-0.1, -0.05) is 27.7 Å². The molecule has 0 aromatic carbocycles. The summed E-state index contributed by atoms with van der Waals surface area (Å²) in [6, 6.07) is 0. The van der Waals surface area contributed by atoms with E-state index in [1.54, 1.807) is 0 Å². The van der Waals surface area contributed by atoms with Crippen LogP contribution in [0.3, 0.4) is 0 Å². The lowest BCUT2D eigenvalue weighted by Crippen LogP contribution is -2.62. The van der Waals surface area contributed by atoms with Gasteiger partial charge in [-0.2, -0.15) is 19.6 Å². The fourth-order valence-corrected chi connectivity index (χ4v) is 10.9. The van der Waals surface area contributed by atoms with E-state index in [1.807, 2.05) is 0 Å². The van der Waals surface area contributed by atoms with Crippen LogP contribution in [-0.4, -0.2) is 34.7 Å². The van der Waals surface area contributed by atoms with Crippen molar-refractivity contribution in [3.8, 4) is 0 Å². The first-order valence-corrected chi connectivity index (χ1v) is 16.5. The number of carbonyl (C=O) groups excluding carboxylic acids is 1. The summed E-state index contributed by atoms with van der Waals surface area (Å²) in [6.45, 7) is 10.8. The summed E-state index contributed by atoms with van der Waals surface area (Å²) in [5.41, 5.74) is -0.0179. The lowest BCUT2D eigenvalue weighted by Gasteiger charge is -2.63. The van der Waals surface area contributed by atoms with Crippen LogP contribution in [0.5, 0.6) is 0 Å². The van der Waals surface area contributed by atoms with Crippen LogP contribution in [0.25, 0.3) is 0 Å². The topological polar surface area (TPSA) is 101 Å². The van der Waals surface area contributed by atoms with E-state index in [0.29, 0.717) is 41.9 Å². The molecule has 9 atom stereocenters. The summed E-state index contributed by atoms with van der Waals surface area (Å²) in [6.07, 6.45) is 12.3. The minimum atomic E-state index is -0.845. The largest absolute Gasteiger partial charge is 0.481 e. The van der Waals surface area contributed by atoms with Gasteiger partial charge in [0.1, 0.15) is 6.10 Å². The highest BCUT2D eigenvalue weighted by Gasteiger charge is 2.67. The zero-order chi connectivity index (χ0) is 29.2. The van der Waals surface area contributed by atoms with Crippen molar-refractivity contribution in [2.45, 2.75) is 142 Å². The first kappa shape index (κ1) is 29.8. The average molecular weight is 577 g/mol. The van der Waals surface area contributed by atoms with E-state index in [9.17, 15) is 14.7 Å². The van der Waals surface area contributed by atoms with Gasteiger partial charge in [-0.3, -0.25) is 9.59 Å². The zero-order valence-corrected chi connectivity index (χ0v) is 25.8. The third-order valence-electron chi connectivity index (χ3n) is 13.3. The molecule has 0 amide bonds. The number of fused-ring (bicyclic) bond motifs is 5. The Hall–Kier alpha value is -1.22. The fourth-order valence-electron chi connectivity index (χ4n) is 10.9. The van der Waals surface area contributed by atoms with E-state index < -0.39 is 17.5 Å². The van der Waals surface area contributed by atoms with Crippen LogP contribution < -0.4 is 0 Å². The van der Waals surface area contributed by atoms with Gasteiger partial charge in [0.15, 0.2) is 0 Å². The second kappa shape index (κ2) is 10.7. The Labute approximate surface area is 245 Å². The summed E-state index contributed by atoms with van der Waals surface area (Å²) in [4.78, 5) is 48.1. The van der Waals surface area contributed by atoms with Gasteiger partial charge < -0.3 is 9.84 Å². The van der Waals surface area contributed by atoms with Gasteiger partial charge in [-0.15, -0.1) is 0 Å². The van der Waals surface area contributed by atoms with E-state index in [-0.39, 0.29) is 35.2 Å². The molecule has 1 saturated heterocycles. The number of ether oxygens (including phenoxy) is 1. The molecule has 2 spiro atoms. The third-order valence-corrected chi connectivity index (χ3v) is 13.3. The van der Waals surface area contributed by atoms with Gasteiger partial charge in [0.05, 0.1) is 0 Å². The molecule has 0 unspecified atom stereocenters. The highest BCUT2D eigenvalue weighted by atomic mass is 17.4. The van der Waals surface area contributed by atoms with Gasteiger partial charge >= 0.3 is 11.9 Å². The van der Waals surface area contributed by atoms with Gasteiger partial charge in [0.25, 0.3) is 0 Å². The summed E-state index contributed by atoms with van der Waals surface area (Å²) >= 11 is 0. The van der Waals surface area contributed by atoms with Crippen LogP contribution in [0.4, 0.5) is 0 Å². The lowest BCUT2D eigenvalue weighted by atomic mass is 9.43. The van der Waals surface area contributed by atoms with Crippen LogP contribution in [0.2, 0.25) is 0 Å². The highest BCUT2D eigenvalue weighted by molar-refractivity contribution is 5.66. The van der Waals surface area contributed by atoms with Crippen molar-refractivity contribution in [2.75, 3.05) is 0 Å². The molecule has 232 valence electrons. The van der Waals surface area contributed by atoms with E-state index in [4.69, 9.17) is 24.3 Å². The molecular weight excluding hydrogens is 524 g/mol. The Kier molecular flexibility index (Phi) is 7.82. The third kappa shape index (κ3) is 5.06. The molecule has 41 heavy (non-hydrogen) atoms. The van der Waals surface area contributed by atoms with E-state index in [0.717, 1.165) is 77.0 Å². The van der Waals surface area contributed by atoms with Crippen LogP contribution in [0.1, 0.15) is 125 Å². The summed E-state index contributed by atoms with van der Waals surface area (Å²) in [7, 11) is 0. The first-order chi connectivity index (χ1) is 19.4. The Morgan fingerprint density at radius 1 is 0.902 bits per heavy atom. The van der Waals surface area contributed by atoms with Gasteiger partial charge in [-0.05, 0) is 105 Å². The van der Waals surface area contributed by atoms with Crippen molar-refractivity contribution in [1.29, 1.82) is 0 Å². The molecule has 0 aromatic rings. The maximum atomic E-state index is 12.4. The molecule has 0 radical (unpaired) electrons. The number of hydrogen-bond acceptors (Lipinski definition) is 7. The average Bonchev–Trinajstić information content (AvgIpc) is 3.30. The fraction of sp³-hybridized carbons (Fsp3) is 0.939. The molecule has 1 heterocycles. The molecule has 6 aliphatic rings. The standard InChI is InChI=1S/C33H52O8/c1-20-12-14-32(15-13-20)38-40-33(41-39-32)17-16-30(4)23(19-33)7-8-24-26-10-9-25(21(2)6-11-29(35)36)31(26,5)28(18-27(24)30)37-22(3)34/h20-21,23-28H,6-19H2,1-5H3,(H,35,36)/t20?,21-,23-,24+,25-,26+,27+,28+,30+,31-,32?,33?/m1/s1. The quantitative estimate of drug-likeness (QED) is 0.271. The lowest BCUT2D eigenvalue weighted by molar-refractivity contribution is -0.665. The molecule has 1 N–H and O–H groups in total. The molecule has 6 rings (SSSR count). The molecule has 8 nitrogen and oxygen atoms in total. The monoisotopic (exact) mass is 576 g/mol. The van der Waals surface area contributed by atoms with Crippen molar-refractivity contribution < 1.29 is 39.0 Å². The van der Waals surface area contributed by atoms with E-state index in [1.165, 1.54) is 6.92 Å². The second-order valence-electron chi connectivity index (χ2n) is 15.5. The molecule has 8 heteroatoms. The van der Waals surface area contributed by atoms with Crippen molar-refractivity contribution in [1.82, 2.24) is 0 Å². The molecule has 0 bridgehead atoms. The molecule has 6 fully saturated rings. The summed E-state index contributed by atoms with van der Waals surface area (Å²) < 4.78 is 6.22. The highest BCUT2D eigenvalue weighted by Crippen LogP contribution is 2.70. The van der Waals surface area contributed by atoms with Crippen molar-refractivity contribution in [3.63, 3.8) is 0 Å². The van der Waals surface area contributed by atoms with Crippen LogP contribution in [0, 0.1) is 52.3 Å². The molecule has 1 aliphatic heterocycles. The molecule has 5 saturated carbocycles. The maximum absolute atomic E-state index is 12.4. The minimum absolute atomic E-state index is 0.100. The Morgan fingerprint density at radius 3 is 2.24 bits per heavy atom. The molecule has 5 aliphatic carbocycles. The molecular formula is C33H52O8. The van der Waals surface area contributed by atoms with Crippen LogP contribution in [0.15, 0.2) is 0 Å². The first-order valence-electron chi connectivity index (χ1n) is 16.5. The number of carboxylic acids is 1. The zero-order valence-electron chi connectivity index (χ0n) is 25.8. The molecule has 0 aromatic heterocycles. The number of esters is 1. The predicted octanol–water partition coefficient (Wildman–Crippen LogP) is 7.20. The van der Waals surface area contributed by atoms with E-state index >= 15 is 0 Å². The maximum Gasteiger partial charge on any atom is 0.303 e. The van der Waals surface area contributed by atoms with Crippen LogP contribution in [-0.2, 0) is 33.9 Å². The second-order valence-corrected chi connectivity index (χ2v) is 15.5. The number of carboxylic acid groups (broad SMARTS) is 1. The Bertz CT molecular complexity index is 995. The summed E-state index contributed by atoms with van der Waals surface area (Å²) in [5.74, 6) is 0.731. The summed E-state index contributed by atoms with van der Waals surface area (Å²) in [5, 5.41) is 9.33. The number of rotatable bonds is 5. The Morgan fingerprint density at radius 2 is 1.59 bits per heavy atom. The predicted molar refractivity (Wildman–Crippen MR) is 150 cm³/mol. The van der Waals surface area contributed by atoms with E-state index in [2.05, 4.69) is 27.7 Å². The Balaban J connectivity index is 1.19. The van der Waals surface area contributed by atoms with Gasteiger partial charge in [0.2, 0.25) is 11.6 Å². The van der Waals surface area contributed by atoms with Crippen LogP contribution >= 0.6 is 0 Å². The van der Waals surface area contributed by atoms with Crippen molar-refractivity contribution in [3.05, 3.63) is 0 Å². The smallest absolute Gasteiger partial charge is 0.303 e. The van der Waals surface area contributed by atoms with Gasteiger partial charge in [0, 0.05) is 44.4 Å². The SMILES string of the molecule is CC(=O)O[C@H]1C[C@H]2[C@@H](CC[C@@H]3CC4(CC[C@@]32C)OOC2(CCC(C)CC2)OO4)[C@@H]2CC[C@H]([C@H](C)CCC(=O)O)[C@@]12C. The van der Waals surface area contributed by atoms with Crippen molar-refractivity contribution in [2.24, 2.45) is 52.3 Å².